The van der Waals surface area contributed by atoms with Crippen LogP contribution in [0.25, 0.3) is 0 Å². The number of hydrogen-bond donors (Lipinski definition) is 1. The van der Waals surface area contributed by atoms with E-state index in [1.807, 2.05) is 14.0 Å². The van der Waals surface area contributed by atoms with Gasteiger partial charge in [-0.05, 0) is 30.9 Å². The molecule has 0 unspecified atom stereocenters. The SMILES string of the molecule is CCOc1c(NC)cc(C)cc1C(C)(C)C. The minimum atomic E-state index is 0.0993. The molecule has 2 nitrogen and oxygen atoms in total. The number of nitrogens with one attached hydrogen (secondary N) is 1. The van der Waals surface area contributed by atoms with Gasteiger partial charge in [0.25, 0.3) is 0 Å². The molecule has 90 valence electrons. The Balaban J connectivity index is 3.38. The summed E-state index contributed by atoms with van der Waals surface area (Å²) in [5.41, 5.74) is 3.70. The maximum absolute atomic E-state index is 5.78. The Kier molecular flexibility index (Phi) is 3.84. The molecule has 0 saturated heterocycles. The first-order chi connectivity index (χ1) is 7.40. The number of anilines is 1. The summed E-state index contributed by atoms with van der Waals surface area (Å²) in [4.78, 5) is 0. The van der Waals surface area contributed by atoms with E-state index in [1.165, 1.54) is 11.1 Å². The Hall–Kier alpha value is -1.18. The van der Waals surface area contributed by atoms with Gasteiger partial charge in [0.15, 0.2) is 0 Å². The Morgan fingerprint density at radius 3 is 2.31 bits per heavy atom. The molecule has 0 aliphatic rings. The number of benzene rings is 1. The van der Waals surface area contributed by atoms with Crippen LogP contribution in [0.2, 0.25) is 0 Å². The van der Waals surface area contributed by atoms with Crippen molar-refractivity contribution in [1.29, 1.82) is 0 Å². The largest absolute Gasteiger partial charge is 0.491 e. The first kappa shape index (κ1) is 12.9. The fourth-order valence-electron chi connectivity index (χ4n) is 1.82. The van der Waals surface area contributed by atoms with Crippen LogP contribution in [0, 0.1) is 6.92 Å². The third-order valence-electron chi connectivity index (χ3n) is 2.60. The first-order valence-electron chi connectivity index (χ1n) is 5.85. The maximum Gasteiger partial charge on any atom is 0.146 e. The molecular formula is C14H23NO. The summed E-state index contributed by atoms with van der Waals surface area (Å²) in [6.07, 6.45) is 0. The molecule has 1 N–H and O–H groups in total. The van der Waals surface area contributed by atoms with E-state index in [9.17, 15) is 0 Å². The molecule has 0 aliphatic heterocycles. The van der Waals surface area contributed by atoms with E-state index < -0.39 is 0 Å². The Morgan fingerprint density at radius 2 is 1.88 bits per heavy atom. The third kappa shape index (κ3) is 2.69. The summed E-state index contributed by atoms with van der Waals surface area (Å²) in [5, 5.41) is 3.21. The highest BCUT2D eigenvalue weighted by molar-refractivity contribution is 5.63. The van der Waals surface area contributed by atoms with Crippen molar-refractivity contribution in [1.82, 2.24) is 0 Å². The lowest BCUT2D eigenvalue weighted by Gasteiger charge is -2.25. The molecular weight excluding hydrogens is 198 g/mol. The van der Waals surface area contributed by atoms with E-state index in [0.29, 0.717) is 6.61 Å². The molecule has 0 bridgehead atoms. The highest BCUT2D eigenvalue weighted by Crippen LogP contribution is 2.38. The Bertz CT molecular complexity index is 364. The van der Waals surface area contributed by atoms with Crippen molar-refractivity contribution < 1.29 is 4.74 Å². The van der Waals surface area contributed by atoms with Crippen molar-refractivity contribution in [3.05, 3.63) is 23.3 Å². The normalized spacial score (nSPS) is 11.4. The van der Waals surface area contributed by atoms with E-state index in [1.54, 1.807) is 0 Å². The molecule has 1 aromatic rings. The molecule has 0 spiro atoms. The minimum Gasteiger partial charge on any atom is -0.491 e. The Labute approximate surface area is 99.0 Å². The van der Waals surface area contributed by atoms with Crippen molar-refractivity contribution in [2.75, 3.05) is 19.0 Å². The van der Waals surface area contributed by atoms with E-state index in [2.05, 4.69) is 45.1 Å². The standard InChI is InChI=1S/C14H23NO/c1-7-16-13-11(14(3,4)5)8-10(2)9-12(13)15-6/h8-9,15H,7H2,1-6H3. The van der Waals surface area contributed by atoms with Crippen LogP contribution < -0.4 is 10.1 Å². The second-order valence-corrected chi connectivity index (χ2v) is 5.12. The van der Waals surface area contributed by atoms with Crippen molar-refractivity contribution >= 4 is 5.69 Å². The van der Waals surface area contributed by atoms with Gasteiger partial charge in [0.05, 0.1) is 12.3 Å². The highest BCUT2D eigenvalue weighted by Gasteiger charge is 2.21. The van der Waals surface area contributed by atoms with Gasteiger partial charge >= 0.3 is 0 Å². The molecule has 0 heterocycles. The molecule has 0 radical (unpaired) electrons. The molecule has 2 heteroatoms. The van der Waals surface area contributed by atoms with Gasteiger partial charge in [-0.3, -0.25) is 0 Å². The molecule has 0 saturated carbocycles. The second kappa shape index (κ2) is 4.77. The zero-order chi connectivity index (χ0) is 12.3. The molecule has 0 aromatic heterocycles. The monoisotopic (exact) mass is 221 g/mol. The van der Waals surface area contributed by atoms with Gasteiger partial charge < -0.3 is 10.1 Å². The average molecular weight is 221 g/mol. The van der Waals surface area contributed by atoms with Crippen LogP contribution in [0.3, 0.4) is 0 Å². The van der Waals surface area contributed by atoms with Crippen LogP contribution in [0.1, 0.15) is 38.8 Å². The summed E-state index contributed by atoms with van der Waals surface area (Å²) in [6.45, 7) is 11.5. The summed E-state index contributed by atoms with van der Waals surface area (Å²) in [6, 6.07) is 4.34. The van der Waals surface area contributed by atoms with Gasteiger partial charge in [-0.1, -0.05) is 26.8 Å². The van der Waals surface area contributed by atoms with E-state index in [4.69, 9.17) is 4.74 Å². The molecule has 0 atom stereocenters. The van der Waals surface area contributed by atoms with Crippen LogP contribution in [-0.4, -0.2) is 13.7 Å². The average Bonchev–Trinajstić information content (AvgIpc) is 2.18. The molecule has 1 rings (SSSR count). The topological polar surface area (TPSA) is 21.3 Å². The van der Waals surface area contributed by atoms with Gasteiger partial charge in [-0.2, -0.15) is 0 Å². The Morgan fingerprint density at radius 1 is 1.25 bits per heavy atom. The van der Waals surface area contributed by atoms with Crippen LogP contribution in [0.4, 0.5) is 5.69 Å². The summed E-state index contributed by atoms with van der Waals surface area (Å²) in [7, 11) is 1.93. The van der Waals surface area contributed by atoms with Crippen LogP contribution in [-0.2, 0) is 5.41 Å². The van der Waals surface area contributed by atoms with E-state index >= 15 is 0 Å². The zero-order valence-corrected chi connectivity index (χ0v) is 11.3. The third-order valence-corrected chi connectivity index (χ3v) is 2.60. The van der Waals surface area contributed by atoms with Crippen molar-refractivity contribution in [3.8, 4) is 5.75 Å². The lowest BCUT2D eigenvalue weighted by atomic mass is 9.85. The van der Waals surface area contributed by atoms with Gasteiger partial charge in [0, 0.05) is 12.6 Å². The van der Waals surface area contributed by atoms with Gasteiger partial charge in [0.2, 0.25) is 0 Å². The fraction of sp³-hybridized carbons (Fsp3) is 0.571. The lowest BCUT2D eigenvalue weighted by molar-refractivity contribution is 0.331. The van der Waals surface area contributed by atoms with E-state index in [0.717, 1.165) is 11.4 Å². The number of rotatable bonds is 3. The lowest BCUT2D eigenvalue weighted by Crippen LogP contribution is -2.15. The molecule has 0 fully saturated rings. The molecule has 0 aliphatic carbocycles. The fourth-order valence-corrected chi connectivity index (χ4v) is 1.82. The molecule has 1 aromatic carbocycles. The smallest absolute Gasteiger partial charge is 0.146 e. The first-order valence-corrected chi connectivity index (χ1v) is 5.85. The summed E-state index contributed by atoms with van der Waals surface area (Å²) >= 11 is 0. The quantitative estimate of drug-likeness (QED) is 0.839. The highest BCUT2D eigenvalue weighted by atomic mass is 16.5. The van der Waals surface area contributed by atoms with Crippen molar-refractivity contribution in [3.63, 3.8) is 0 Å². The van der Waals surface area contributed by atoms with Gasteiger partial charge in [0.1, 0.15) is 5.75 Å². The summed E-state index contributed by atoms with van der Waals surface area (Å²) in [5.74, 6) is 0.989. The minimum absolute atomic E-state index is 0.0993. The number of ether oxygens (including phenoxy) is 1. The number of hydrogen-bond acceptors (Lipinski definition) is 2. The zero-order valence-electron chi connectivity index (χ0n) is 11.3. The second-order valence-electron chi connectivity index (χ2n) is 5.12. The molecule has 0 amide bonds. The molecule has 16 heavy (non-hydrogen) atoms. The van der Waals surface area contributed by atoms with Crippen molar-refractivity contribution in [2.45, 2.75) is 40.0 Å². The summed E-state index contributed by atoms with van der Waals surface area (Å²) < 4.78 is 5.78. The maximum atomic E-state index is 5.78. The predicted octanol–water partition coefficient (Wildman–Crippen LogP) is 3.73. The van der Waals surface area contributed by atoms with Crippen LogP contribution in [0.5, 0.6) is 5.75 Å². The number of aryl methyl sites for hydroxylation is 1. The van der Waals surface area contributed by atoms with E-state index in [-0.39, 0.29) is 5.41 Å². The van der Waals surface area contributed by atoms with Crippen molar-refractivity contribution in [2.24, 2.45) is 0 Å². The van der Waals surface area contributed by atoms with Gasteiger partial charge in [-0.15, -0.1) is 0 Å². The van der Waals surface area contributed by atoms with Crippen LogP contribution in [0.15, 0.2) is 12.1 Å². The van der Waals surface area contributed by atoms with Crippen LogP contribution >= 0.6 is 0 Å². The predicted molar refractivity (Wildman–Crippen MR) is 70.6 cm³/mol. The van der Waals surface area contributed by atoms with Gasteiger partial charge in [-0.25, -0.2) is 0 Å².